The number of likely N-dealkylation sites (tertiary alicyclic amines) is 1. The Morgan fingerprint density at radius 2 is 2.12 bits per heavy atom. The number of nitro benzene ring substituents is 1. The maximum Gasteiger partial charge on any atom is 0.326 e. The number of hydrogen-bond acceptors (Lipinski definition) is 4. The van der Waals surface area contributed by atoms with Gasteiger partial charge < -0.3 is 14.6 Å². The monoisotopic (exact) mass is 345 g/mol. The number of carboxylic acids is 1. The highest BCUT2D eigenvalue weighted by molar-refractivity contribution is 5.87. The van der Waals surface area contributed by atoms with Crippen molar-refractivity contribution in [2.75, 3.05) is 6.54 Å². The number of carbonyl (C=O) groups excluding carboxylic acids is 1. The summed E-state index contributed by atoms with van der Waals surface area (Å²) in [6.07, 6.45) is 2.93. The highest BCUT2D eigenvalue weighted by Crippen LogP contribution is 2.25. The number of aliphatic carboxylic acids is 1. The topological polar surface area (TPSA) is 106 Å². The first-order valence-corrected chi connectivity index (χ1v) is 8.12. The molecule has 1 aliphatic rings. The lowest BCUT2D eigenvalue weighted by atomic mass is 9.92. The van der Waals surface area contributed by atoms with Crippen LogP contribution in [0.15, 0.2) is 30.5 Å². The third kappa shape index (κ3) is 3.33. The summed E-state index contributed by atoms with van der Waals surface area (Å²) in [7, 11) is 0. The number of nitro groups is 1. The van der Waals surface area contributed by atoms with Crippen molar-refractivity contribution in [1.29, 1.82) is 0 Å². The lowest BCUT2D eigenvalue weighted by molar-refractivity contribution is -0.384. The summed E-state index contributed by atoms with van der Waals surface area (Å²) in [4.78, 5) is 35.9. The molecular weight excluding hydrogens is 326 g/mol. The van der Waals surface area contributed by atoms with E-state index in [9.17, 15) is 24.8 Å². The Hall–Kier alpha value is -2.90. The van der Waals surface area contributed by atoms with Crippen LogP contribution in [0.5, 0.6) is 0 Å². The molecule has 2 aromatic rings. The van der Waals surface area contributed by atoms with Gasteiger partial charge in [0.1, 0.15) is 12.6 Å². The number of hydrogen-bond donors (Lipinski definition) is 1. The molecule has 8 nitrogen and oxygen atoms in total. The zero-order valence-electron chi connectivity index (χ0n) is 13.8. The second-order valence-corrected chi connectivity index (χ2v) is 6.51. The van der Waals surface area contributed by atoms with Gasteiger partial charge in [0, 0.05) is 35.8 Å². The number of carbonyl (C=O) groups is 2. The zero-order valence-corrected chi connectivity index (χ0v) is 13.8. The quantitative estimate of drug-likeness (QED) is 0.676. The van der Waals surface area contributed by atoms with Crippen LogP contribution in [0.1, 0.15) is 19.8 Å². The van der Waals surface area contributed by atoms with Gasteiger partial charge in [-0.05, 0) is 30.9 Å². The number of fused-ring (bicyclic) bond motifs is 1. The smallest absolute Gasteiger partial charge is 0.326 e. The summed E-state index contributed by atoms with van der Waals surface area (Å²) in [5.41, 5.74) is 0.698. The molecule has 1 fully saturated rings. The Balaban J connectivity index is 1.82. The summed E-state index contributed by atoms with van der Waals surface area (Å²) in [5, 5.41) is 20.9. The molecule has 1 aliphatic heterocycles. The minimum Gasteiger partial charge on any atom is -0.480 e. The van der Waals surface area contributed by atoms with Crippen molar-refractivity contribution in [1.82, 2.24) is 9.47 Å². The van der Waals surface area contributed by atoms with E-state index in [2.05, 4.69) is 0 Å². The second-order valence-electron chi connectivity index (χ2n) is 6.51. The normalized spacial score (nSPS) is 20.6. The number of non-ortho nitro benzene ring substituents is 1. The van der Waals surface area contributed by atoms with Crippen molar-refractivity contribution in [2.24, 2.45) is 5.92 Å². The highest BCUT2D eigenvalue weighted by atomic mass is 16.6. The van der Waals surface area contributed by atoms with E-state index in [1.807, 2.05) is 6.92 Å². The molecule has 0 bridgehead atoms. The van der Waals surface area contributed by atoms with E-state index >= 15 is 0 Å². The fourth-order valence-corrected chi connectivity index (χ4v) is 3.35. The molecule has 2 atom stereocenters. The average Bonchev–Trinajstić information content (AvgIpc) is 2.96. The number of carboxylic acid groups (broad SMARTS) is 1. The summed E-state index contributed by atoms with van der Waals surface area (Å²) in [6.45, 7) is 2.44. The van der Waals surface area contributed by atoms with Crippen molar-refractivity contribution in [2.45, 2.75) is 32.4 Å². The Bertz CT molecular complexity index is 844. The highest BCUT2D eigenvalue weighted by Gasteiger charge is 2.34. The predicted molar refractivity (Wildman–Crippen MR) is 90.1 cm³/mol. The van der Waals surface area contributed by atoms with Crippen LogP contribution in [0.3, 0.4) is 0 Å². The van der Waals surface area contributed by atoms with Gasteiger partial charge in [0.2, 0.25) is 5.91 Å². The van der Waals surface area contributed by atoms with Crippen LogP contribution in [-0.4, -0.2) is 44.0 Å². The number of nitrogens with zero attached hydrogens (tertiary/aromatic N) is 3. The van der Waals surface area contributed by atoms with Gasteiger partial charge >= 0.3 is 5.97 Å². The largest absolute Gasteiger partial charge is 0.480 e. The van der Waals surface area contributed by atoms with Crippen LogP contribution in [0.4, 0.5) is 5.69 Å². The molecule has 1 amide bonds. The fourth-order valence-electron chi connectivity index (χ4n) is 3.35. The minimum atomic E-state index is -0.979. The third-order valence-electron chi connectivity index (χ3n) is 4.74. The SMILES string of the molecule is CC1CCN(C(=O)Cn2ccc3cc([N+](=O)[O-])ccc32)C(C(=O)O)C1. The Morgan fingerprint density at radius 3 is 2.80 bits per heavy atom. The Labute approximate surface area is 143 Å². The molecule has 3 rings (SSSR count). The van der Waals surface area contributed by atoms with Crippen molar-refractivity contribution in [3.8, 4) is 0 Å². The minimum absolute atomic E-state index is 0.00691. The van der Waals surface area contributed by atoms with E-state index in [-0.39, 0.29) is 24.1 Å². The molecule has 1 aromatic carbocycles. The van der Waals surface area contributed by atoms with E-state index in [1.54, 1.807) is 22.9 Å². The van der Waals surface area contributed by atoms with Crippen molar-refractivity contribution in [3.05, 3.63) is 40.6 Å². The predicted octanol–water partition coefficient (Wildman–Crippen LogP) is 2.26. The number of amides is 1. The molecule has 0 saturated carbocycles. The number of benzene rings is 1. The van der Waals surface area contributed by atoms with Gasteiger partial charge in [0.25, 0.3) is 5.69 Å². The molecule has 0 aliphatic carbocycles. The molecule has 8 heteroatoms. The van der Waals surface area contributed by atoms with E-state index in [0.29, 0.717) is 23.9 Å². The van der Waals surface area contributed by atoms with Crippen LogP contribution < -0.4 is 0 Å². The molecule has 1 saturated heterocycles. The van der Waals surface area contributed by atoms with Gasteiger partial charge in [0.05, 0.1) is 4.92 Å². The van der Waals surface area contributed by atoms with Gasteiger partial charge in [0.15, 0.2) is 0 Å². The first kappa shape index (κ1) is 16.9. The molecule has 1 aromatic heterocycles. The van der Waals surface area contributed by atoms with Gasteiger partial charge in [-0.3, -0.25) is 14.9 Å². The lowest BCUT2D eigenvalue weighted by Crippen LogP contribution is -2.50. The molecule has 0 radical (unpaired) electrons. The molecule has 2 unspecified atom stereocenters. The summed E-state index contributed by atoms with van der Waals surface area (Å²) in [5.74, 6) is -0.957. The van der Waals surface area contributed by atoms with Crippen molar-refractivity contribution in [3.63, 3.8) is 0 Å². The molecular formula is C17H19N3O5. The lowest BCUT2D eigenvalue weighted by Gasteiger charge is -2.36. The summed E-state index contributed by atoms with van der Waals surface area (Å²) in [6, 6.07) is 5.38. The van der Waals surface area contributed by atoms with Gasteiger partial charge in [-0.15, -0.1) is 0 Å². The van der Waals surface area contributed by atoms with Gasteiger partial charge in [-0.2, -0.15) is 0 Å². The van der Waals surface area contributed by atoms with Gasteiger partial charge in [-0.1, -0.05) is 6.92 Å². The van der Waals surface area contributed by atoms with Crippen LogP contribution in [0.2, 0.25) is 0 Å². The van der Waals surface area contributed by atoms with Crippen LogP contribution in [-0.2, 0) is 16.1 Å². The first-order chi connectivity index (χ1) is 11.9. The van der Waals surface area contributed by atoms with Crippen LogP contribution in [0.25, 0.3) is 10.9 Å². The van der Waals surface area contributed by atoms with Crippen LogP contribution >= 0.6 is 0 Å². The molecule has 132 valence electrons. The maximum absolute atomic E-state index is 12.6. The van der Waals surface area contributed by atoms with E-state index in [1.165, 1.54) is 17.0 Å². The van der Waals surface area contributed by atoms with Crippen molar-refractivity contribution < 1.29 is 19.6 Å². The van der Waals surface area contributed by atoms with E-state index in [4.69, 9.17) is 0 Å². The summed E-state index contributed by atoms with van der Waals surface area (Å²) >= 11 is 0. The maximum atomic E-state index is 12.6. The number of aromatic nitrogens is 1. The standard InChI is InChI=1S/C17H19N3O5/c1-11-4-7-19(15(8-11)17(22)23)16(21)10-18-6-5-12-9-13(20(24)25)2-3-14(12)18/h2-3,5-6,9,11,15H,4,7-8,10H2,1H3,(H,22,23). The third-order valence-corrected chi connectivity index (χ3v) is 4.74. The van der Waals surface area contributed by atoms with Crippen molar-refractivity contribution >= 4 is 28.5 Å². The fraction of sp³-hybridized carbons (Fsp3) is 0.412. The first-order valence-electron chi connectivity index (χ1n) is 8.12. The molecule has 0 spiro atoms. The zero-order chi connectivity index (χ0) is 18.1. The Kier molecular flexibility index (Phi) is 4.43. The average molecular weight is 345 g/mol. The molecule has 1 N–H and O–H groups in total. The van der Waals surface area contributed by atoms with Crippen LogP contribution in [0, 0.1) is 16.0 Å². The second kappa shape index (κ2) is 6.54. The molecule has 25 heavy (non-hydrogen) atoms. The van der Waals surface area contributed by atoms with E-state index < -0.39 is 16.9 Å². The number of rotatable bonds is 4. The Morgan fingerprint density at radius 1 is 1.36 bits per heavy atom. The van der Waals surface area contributed by atoms with E-state index in [0.717, 1.165) is 6.42 Å². The summed E-state index contributed by atoms with van der Waals surface area (Å²) < 4.78 is 1.69. The molecule has 2 heterocycles. The number of piperidine rings is 1. The van der Waals surface area contributed by atoms with Gasteiger partial charge in [-0.25, -0.2) is 4.79 Å².